The molecular weight excluding hydrogens is 442 g/mol. The maximum atomic E-state index is 14.2. The fourth-order valence-corrected chi connectivity index (χ4v) is 4.37. The van der Waals surface area contributed by atoms with E-state index in [4.69, 9.17) is 5.73 Å². The molecule has 1 aromatic heterocycles. The van der Waals surface area contributed by atoms with E-state index in [-0.39, 0.29) is 36.5 Å². The first kappa shape index (κ1) is 22.9. The number of sulfone groups is 1. The molecule has 168 valence electrons. The molecule has 0 radical (unpaired) electrons. The number of halogens is 4. The fraction of sp³-hybridized carbons (Fsp3) is 0.368. The Kier molecular flexibility index (Phi) is 5.51. The molecule has 1 aromatic carbocycles. The number of nitrogen functional groups attached to an aromatic ring is 1. The molecule has 1 aliphatic heterocycles. The van der Waals surface area contributed by atoms with E-state index >= 15 is 0 Å². The maximum Gasteiger partial charge on any atom is 0.416 e. The van der Waals surface area contributed by atoms with Crippen molar-refractivity contribution in [2.45, 2.75) is 35.4 Å². The number of alkyl halides is 3. The predicted molar refractivity (Wildman–Crippen MR) is 101 cm³/mol. The highest BCUT2D eigenvalue weighted by Crippen LogP contribution is 2.34. The minimum Gasteiger partial charge on any atom is -0.397 e. The number of rotatable bonds is 4. The highest BCUT2D eigenvalue weighted by atomic mass is 32.2. The Morgan fingerprint density at radius 2 is 1.87 bits per heavy atom. The molecule has 31 heavy (non-hydrogen) atoms. The number of β-amino-alcohol motifs (C(OH)–C–C–N with tert-alkyl or cyclic N) is 1. The van der Waals surface area contributed by atoms with Gasteiger partial charge >= 0.3 is 6.18 Å². The van der Waals surface area contributed by atoms with Crippen molar-refractivity contribution in [3.8, 4) is 0 Å². The standard InChI is InChI=1S/C19H19F4N3O4S/c1-10(2)18(28)8-26(9-18)17(27)16-14(24)6-12(7-25-16)31(29,30)15-4-3-11(5-13(15)20)19(21,22)23/h3-7,10,28H,8-9,24H2,1-2H3. The summed E-state index contributed by atoms with van der Waals surface area (Å²) in [6.45, 7) is 3.71. The van der Waals surface area contributed by atoms with Crippen molar-refractivity contribution >= 4 is 21.4 Å². The number of pyridine rings is 1. The third-order valence-corrected chi connectivity index (χ3v) is 7.00. The lowest BCUT2D eigenvalue weighted by Crippen LogP contribution is -2.66. The zero-order valence-corrected chi connectivity index (χ0v) is 17.3. The monoisotopic (exact) mass is 461 g/mol. The number of aliphatic hydroxyl groups is 1. The van der Waals surface area contributed by atoms with Crippen LogP contribution in [0.4, 0.5) is 23.2 Å². The van der Waals surface area contributed by atoms with Crippen molar-refractivity contribution in [3.63, 3.8) is 0 Å². The molecule has 7 nitrogen and oxygen atoms in total. The summed E-state index contributed by atoms with van der Waals surface area (Å²) in [6.07, 6.45) is -4.06. The van der Waals surface area contributed by atoms with E-state index in [1.807, 2.05) is 0 Å². The molecule has 2 heterocycles. The summed E-state index contributed by atoms with van der Waals surface area (Å²) in [7, 11) is -4.59. The van der Waals surface area contributed by atoms with Crippen LogP contribution < -0.4 is 5.73 Å². The van der Waals surface area contributed by atoms with Gasteiger partial charge in [0.05, 0.1) is 29.2 Å². The van der Waals surface area contributed by atoms with Gasteiger partial charge in [-0.2, -0.15) is 13.2 Å². The smallest absolute Gasteiger partial charge is 0.397 e. The van der Waals surface area contributed by atoms with Crippen LogP contribution >= 0.6 is 0 Å². The number of carbonyl (C=O) groups is 1. The summed E-state index contributed by atoms with van der Waals surface area (Å²) >= 11 is 0. The minimum atomic E-state index is -4.84. The van der Waals surface area contributed by atoms with Gasteiger partial charge in [-0.05, 0) is 30.2 Å². The van der Waals surface area contributed by atoms with Gasteiger partial charge in [-0.1, -0.05) is 13.8 Å². The number of anilines is 1. The molecule has 2 aromatic rings. The van der Waals surface area contributed by atoms with Crippen LogP contribution in [0.25, 0.3) is 0 Å². The second-order valence-corrected chi connectivity index (χ2v) is 9.59. The van der Waals surface area contributed by atoms with Crippen LogP contribution in [0.1, 0.15) is 29.9 Å². The van der Waals surface area contributed by atoms with Crippen LogP contribution in [0.3, 0.4) is 0 Å². The maximum absolute atomic E-state index is 14.2. The fourth-order valence-electron chi connectivity index (χ4n) is 3.08. The minimum absolute atomic E-state index is 0.0570. The number of hydrogen-bond acceptors (Lipinski definition) is 6. The second-order valence-electron chi connectivity index (χ2n) is 7.67. The van der Waals surface area contributed by atoms with E-state index in [9.17, 15) is 35.9 Å². The Morgan fingerprint density at radius 3 is 2.35 bits per heavy atom. The summed E-state index contributed by atoms with van der Waals surface area (Å²) in [5, 5.41) is 10.3. The quantitative estimate of drug-likeness (QED) is 0.677. The Labute approximate surface area is 175 Å². The Hall–Kier alpha value is -2.73. The largest absolute Gasteiger partial charge is 0.416 e. The average Bonchev–Trinajstić information content (AvgIpc) is 2.63. The lowest BCUT2D eigenvalue weighted by molar-refractivity contribution is -0.137. The van der Waals surface area contributed by atoms with Crippen LogP contribution in [0.2, 0.25) is 0 Å². The van der Waals surface area contributed by atoms with Crippen LogP contribution in [0.15, 0.2) is 40.3 Å². The van der Waals surface area contributed by atoms with Crippen LogP contribution in [-0.2, 0) is 16.0 Å². The summed E-state index contributed by atoms with van der Waals surface area (Å²) < 4.78 is 77.5. The van der Waals surface area contributed by atoms with Crippen molar-refractivity contribution < 1.29 is 35.9 Å². The Bertz CT molecular complexity index is 1140. The number of benzene rings is 1. The molecule has 1 amide bonds. The van der Waals surface area contributed by atoms with E-state index < -0.39 is 48.7 Å². The third-order valence-electron chi connectivity index (χ3n) is 5.24. The number of nitrogens with two attached hydrogens (primary N) is 1. The van der Waals surface area contributed by atoms with Gasteiger partial charge in [0.25, 0.3) is 5.91 Å². The summed E-state index contributed by atoms with van der Waals surface area (Å²) in [6, 6.07) is 1.93. The highest BCUT2D eigenvalue weighted by molar-refractivity contribution is 7.91. The first-order valence-electron chi connectivity index (χ1n) is 9.06. The molecular formula is C19H19F4N3O4S. The molecule has 0 atom stereocenters. The van der Waals surface area contributed by atoms with Gasteiger partial charge in [-0.25, -0.2) is 17.8 Å². The van der Waals surface area contributed by atoms with Gasteiger partial charge < -0.3 is 15.7 Å². The number of aromatic nitrogens is 1. The van der Waals surface area contributed by atoms with Crippen molar-refractivity contribution in [1.82, 2.24) is 9.88 Å². The predicted octanol–water partition coefficient (Wildman–Crippen LogP) is 2.50. The van der Waals surface area contributed by atoms with Crippen LogP contribution in [0.5, 0.6) is 0 Å². The molecule has 0 spiro atoms. The van der Waals surface area contributed by atoms with Crippen molar-refractivity contribution in [2.75, 3.05) is 18.8 Å². The number of nitrogens with zero attached hydrogens (tertiary/aromatic N) is 2. The SMILES string of the molecule is CC(C)C1(O)CN(C(=O)c2ncc(S(=O)(=O)c3ccc(C(F)(F)F)cc3F)cc2N)C1. The number of carbonyl (C=O) groups excluding carboxylic acids is 1. The number of hydrogen-bond donors (Lipinski definition) is 2. The first-order valence-corrected chi connectivity index (χ1v) is 10.5. The van der Waals surface area contributed by atoms with E-state index in [0.717, 1.165) is 12.3 Å². The summed E-state index contributed by atoms with van der Waals surface area (Å²) in [4.78, 5) is 16.0. The molecule has 12 heteroatoms. The van der Waals surface area contributed by atoms with E-state index in [0.29, 0.717) is 12.1 Å². The van der Waals surface area contributed by atoms with Gasteiger partial charge in [0.2, 0.25) is 9.84 Å². The zero-order valence-electron chi connectivity index (χ0n) is 16.4. The molecule has 1 saturated heterocycles. The van der Waals surface area contributed by atoms with Gasteiger partial charge in [-0.3, -0.25) is 4.79 Å². The molecule has 0 aliphatic carbocycles. The van der Waals surface area contributed by atoms with Crippen molar-refractivity contribution in [3.05, 3.63) is 47.5 Å². The Morgan fingerprint density at radius 1 is 1.26 bits per heavy atom. The highest BCUT2D eigenvalue weighted by Gasteiger charge is 2.46. The van der Waals surface area contributed by atoms with E-state index in [1.165, 1.54) is 4.90 Å². The lowest BCUT2D eigenvalue weighted by atomic mass is 9.83. The zero-order chi connectivity index (χ0) is 23.4. The Balaban J connectivity index is 1.88. The third kappa shape index (κ3) is 4.09. The van der Waals surface area contributed by atoms with Gasteiger partial charge in [0.1, 0.15) is 16.3 Å². The molecule has 3 rings (SSSR count). The number of amides is 1. The second kappa shape index (κ2) is 7.45. The van der Waals surface area contributed by atoms with Gasteiger partial charge in [0, 0.05) is 6.20 Å². The molecule has 1 fully saturated rings. The molecule has 0 unspecified atom stereocenters. The first-order chi connectivity index (χ1) is 14.2. The van der Waals surface area contributed by atoms with Crippen molar-refractivity contribution in [1.29, 1.82) is 0 Å². The topological polar surface area (TPSA) is 114 Å². The summed E-state index contributed by atoms with van der Waals surface area (Å²) in [5.41, 5.74) is 2.85. The average molecular weight is 461 g/mol. The van der Waals surface area contributed by atoms with Gasteiger partial charge in [0.15, 0.2) is 5.69 Å². The normalized spacial score (nSPS) is 16.3. The number of likely N-dealkylation sites (tertiary alicyclic amines) is 1. The summed E-state index contributed by atoms with van der Waals surface area (Å²) in [5.74, 6) is -2.29. The molecule has 1 aliphatic rings. The van der Waals surface area contributed by atoms with Crippen molar-refractivity contribution in [2.24, 2.45) is 5.92 Å². The van der Waals surface area contributed by atoms with Gasteiger partial charge in [-0.15, -0.1) is 0 Å². The molecule has 3 N–H and O–H groups in total. The van der Waals surface area contributed by atoms with Crippen LogP contribution in [-0.4, -0.2) is 48.0 Å². The molecule has 0 saturated carbocycles. The lowest BCUT2D eigenvalue weighted by Gasteiger charge is -2.48. The van der Waals surface area contributed by atoms with E-state index in [2.05, 4.69) is 4.98 Å². The van der Waals surface area contributed by atoms with E-state index in [1.54, 1.807) is 13.8 Å². The van der Waals surface area contributed by atoms with Crippen LogP contribution in [0, 0.1) is 11.7 Å². The molecule has 0 bridgehead atoms.